The molecule has 27 heavy (non-hydrogen) atoms. The molecule has 0 bridgehead atoms. The van der Waals surface area contributed by atoms with Crippen LogP contribution in [0.1, 0.15) is 30.4 Å². The van der Waals surface area contributed by atoms with Crippen molar-refractivity contribution < 1.29 is 4.42 Å². The molecule has 6 nitrogen and oxygen atoms in total. The standard InChI is InChI=1S/C20H18ClN5O/c21-15-6-3-5-14(11-15)20-22-16(13-27-20)12-25-9-4-7-17(25)19-24-23-18-8-1-2-10-26(18)19/h1-3,5-6,8,10-11,13,17H,4,7,9,12H2/t17-/m1/s1. The molecule has 1 saturated heterocycles. The van der Waals surface area contributed by atoms with Crippen molar-refractivity contribution in [3.8, 4) is 11.5 Å². The van der Waals surface area contributed by atoms with Crippen molar-refractivity contribution in [2.45, 2.75) is 25.4 Å². The van der Waals surface area contributed by atoms with Gasteiger partial charge in [0.25, 0.3) is 0 Å². The van der Waals surface area contributed by atoms with Gasteiger partial charge in [0.15, 0.2) is 11.5 Å². The highest BCUT2D eigenvalue weighted by Crippen LogP contribution is 2.32. The van der Waals surface area contributed by atoms with E-state index in [4.69, 9.17) is 16.0 Å². The third kappa shape index (κ3) is 3.11. The van der Waals surface area contributed by atoms with Crippen molar-refractivity contribution in [2.75, 3.05) is 6.54 Å². The fourth-order valence-electron chi connectivity index (χ4n) is 3.74. The molecule has 1 aliphatic rings. The number of hydrogen-bond acceptors (Lipinski definition) is 5. The Morgan fingerprint density at radius 2 is 2.11 bits per heavy atom. The quantitative estimate of drug-likeness (QED) is 0.526. The van der Waals surface area contributed by atoms with Gasteiger partial charge in [0.2, 0.25) is 5.89 Å². The molecule has 4 heterocycles. The van der Waals surface area contributed by atoms with E-state index in [0.717, 1.165) is 48.7 Å². The summed E-state index contributed by atoms with van der Waals surface area (Å²) in [6.07, 6.45) is 5.95. The molecular weight excluding hydrogens is 362 g/mol. The van der Waals surface area contributed by atoms with E-state index in [1.165, 1.54) is 0 Å². The van der Waals surface area contributed by atoms with Gasteiger partial charge in [0.05, 0.1) is 11.7 Å². The summed E-state index contributed by atoms with van der Waals surface area (Å²) in [5, 5.41) is 9.41. The highest BCUT2D eigenvalue weighted by molar-refractivity contribution is 6.30. The van der Waals surface area contributed by atoms with Crippen LogP contribution < -0.4 is 0 Å². The third-order valence-corrected chi connectivity index (χ3v) is 5.23. The van der Waals surface area contributed by atoms with E-state index in [0.29, 0.717) is 10.9 Å². The van der Waals surface area contributed by atoms with E-state index in [9.17, 15) is 0 Å². The second-order valence-corrected chi connectivity index (χ2v) is 7.21. The van der Waals surface area contributed by atoms with Gasteiger partial charge in [-0.2, -0.15) is 0 Å². The van der Waals surface area contributed by atoms with Gasteiger partial charge >= 0.3 is 0 Å². The largest absolute Gasteiger partial charge is 0.444 e. The zero-order chi connectivity index (χ0) is 18.2. The van der Waals surface area contributed by atoms with E-state index in [2.05, 4.69) is 24.5 Å². The molecule has 1 aliphatic heterocycles. The zero-order valence-corrected chi connectivity index (χ0v) is 15.4. The number of fused-ring (bicyclic) bond motifs is 1. The van der Waals surface area contributed by atoms with Gasteiger partial charge in [0, 0.05) is 23.3 Å². The van der Waals surface area contributed by atoms with Gasteiger partial charge in [-0.05, 0) is 49.7 Å². The average Bonchev–Trinajstić information content (AvgIpc) is 3.41. The molecule has 0 unspecified atom stereocenters. The maximum absolute atomic E-state index is 6.07. The monoisotopic (exact) mass is 379 g/mol. The first-order valence-electron chi connectivity index (χ1n) is 9.02. The van der Waals surface area contributed by atoms with E-state index in [-0.39, 0.29) is 6.04 Å². The Bertz CT molecular complexity index is 1090. The molecular formula is C20H18ClN5O. The van der Waals surface area contributed by atoms with Gasteiger partial charge in [-0.25, -0.2) is 4.98 Å². The van der Waals surface area contributed by atoms with Crippen LogP contribution in [0.2, 0.25) is 5.02 Å². The Morgan fingerprint density at radius 3 is 3.04 bits per heavy atom. The van der Waals surface area contributed by atoms with Crippen LogP contribution in [-0.2, 0) is 6.54 Å². The molecule has 0 aliphatic carbocycles. The summed E-state index contributed by atoms with van der Waals surface area (Å²) in [6.45, 7) is 1.72. The number of rotatable bonds is 4. The van der Waals surface area contributed by atoms with Crippen LogP contribution in [0.4, 0.5) is 0 Å². The first-order valence-corrected chi connectivity index (χ1v) is 9.40. The predicted molar refractivity (Wildman–Crippen MR) is 102 cm³/mol. The molecule has 1 fully saturated rings. The molecule has 0 radical (unpaired) electrons. The number of halogens is 1. The van der Waals surface area contributed by atoms with Gasteiger partial charge < -0.3 is 4.42 Å². The average molecular weight is 380 g/mol. The number of hydrogen-bond donors (Lipinski definition) is 0. The first-order chi connectivity index (χ1) is 13.3. The Kier molecular flexibility index (Phi) is 4.14. The van der Waals surface area contributed by atoms with Crippen molar-refractivity contribution in [1.82, 2.24) is 24.5 Å². The van der Waals surface area contributed by atoms with Crippen molar-refractivity contribution in [3.63, 3.8) is 0 Å². The van der Waals surface area contributed by atoms with Gasteiger partial charge in [-0.1, -0.05) is 23.7 Å². The highest BCUT2D eigenvalue weighted by Gasteiger charge is 2.30. The number of aromatic nitrogens is 4. The van der Waals surface area contributed by atoms with Crippen molar-refractivity contribution in [1.29, 1.82) is 0 Å². The van der Waals surface area contributed by atoms with Crippen molar-refractivity contribution >= 4 is 17.2 Å². The molecule has 7 heteroatoms. The summed E-state index contributed by atoms with van der Waals surface area (Å²) in [5.41, 5.74) is 2.67. The van der Waals surface area contributed by atoms with Gasteiger partial charge in [-0.3, -0.25) is 9.30 Å². The molecule has 4 aromatic rings. The Labute approximate surface area is 161 Å². The van der Waals surface area contributed by atoms with Gasteiger partial charge in [-0.15, -0.1) is 10.2 Å². The Balaban J connectivity index is 1.39. The van der Waals surface area contributed by atoms with E-state index >= 15 is 0 Å². The number of oxazole rings is 1. The van der Waals surface area contributed by atoms with Crippen LogP contribution >= 0.6 is 11.6 Å². The number of benzene rings is 1. The molecule has 0 N–H and O–H groups in total. The van der Waals surface area contributed by atoms with Crippen LogP contribution in [0.3, 0.4) is 0 Å². The Hall–Kier alpha value is -2.70. The molecule has 3 aromatic heterocycles. The second kappa shape index (κ2) is 6.79. The maximum atomic E-state index is 6.07. The van der Waals surface area contributed by atoms with Crippen LogP contribution in [0.5, 0.6) is 0 Å². The fourth-order valence-corrected chi connectivity index (χ4v) is 3.93. The van der Waals surface area contributed by atoms with Crippen LogP contribution in [0.15, 0.2) is 59.3 Å². The van der Waals surface area contributed by atoms with E-state index in [1.54, 1.807) is 6.26 Å². The molecule has 0 saturated carbocycles. The predicted octanol–water partition coefficient (Wildman–Crippen LogP) is 4.37. The normalized spacial score (nSPS) is 17.7. The fraction of sp³-hybridized carbons (Fsp3) is 0.250. The maximum Gasteiger partial charge on any atom is 0.226 e. The number of nitrogens with zero attached hydrogens (tertiary/aromatic N) is 5. The lowest BCUT2D eigenvalue weighted by Crippen LogP contribution is -2.24. The summed E-state index contributed by atoms with van der Waals surface area (Å²) >= 11 is 6.07. The summed E-state index contributed by atoms with van der Waals surface area (Å²) in [4.78, 5) is 7.05. The molecule has 0 amide bonds. The zero-order valence-electron chi connectivity index (χ0n) is 14.6. The minimum atomic E-state index is 0.230. The minimum Gasteiger partial charge on any atom is -0.444 e. The van der Waals surface area contributed by atoms with Gasteiger partial charge in [0.1, 0.15) is 6.26 Å². The van der Waals surface area contributed by atoms with Crippen LogP contribution in [0.25, 0.3) is 17.1 Å². The highest BCUT2D eigenvalue weighted by atomic mass is 35.5. The van der Waals surface area contributed by atoms with E-state index in [1.807, 2.05) is 48.7 Å². The summed E-state index contributed by atoms with van der Waals surface area (Å²) in [6, 6.07) is 13.7. The lowest BCUT2D eigenvalue weighted by Gasteiger charge is -2.21. The smallest absolute Gasteiger partial charge is 0.226 e. The summed E-state index contributed by atoms with van der Waals surface area (Å²) in [7, 11) is 0. The molecule has 136 valence electrons. The Morgan fingerprint density at radius 1 is 1.15 bits per heavy atom. The van der Waals surface area contributed by atoms with Crippen molar-refractivity contribution in [2.24, 2.45) is 0 Å². The first kappa shape index (κ1) is 16.5. The molecule has 0 spiro atoms. The summed E-state index contributed by atoms with van der Waals surface area (Å²) < 4.78 is 7.76. The lowest BCUT2D eigenvalue weighted by molar-refractivity contribution is 0.236. The third-order valence-electron chi connectivity index (χ3n) is 4.99. The molecule has 1 aromatic carbocycles. The minimum absolute atomic E-state index is 0.230. The lowest BCUT2D eigenvalue weighted by atomic mass is 10.2. The van der Waals surface area contributed by atoms with Crippen molar-refractivity contribution in [3.05, 3.63) is 71.5 Å². The molecule has 5 rings (SSSR count). The van der Waals surface area contributed by atoms with E-state index < -0.39 is 0 Å². The second-order valence-electron chi connectivity index (χ2n) is 6.77. The van der Waals surface area contributed by atoms with Crippen LogP contribution in [-0.4, -0.2) is 31.0 Å². The van der Waals surface area contributed by atoms with Crippen LogP contribution in [0, 0.1) is 0 Å². The number of likely N-dealkylation sites (tertiary alicyclic amines) is 1. The SMILES string of the molecule is Clc1cccc(-c2nc(CN3CCC[C@@H]3c3nnc4ccccn34)co2)c1. The topological polar surface area (TPSA) is 59.5 Å². The molecule has 1 atom stereocenters. The summed E-state index contributed by atoms with van der Waals surface area (Å²) in [5.74, 6) is 1.58. The number of pyridine rings is 1.